The Morgan fingerprint density at radius 3 is 2.50 bits per heavy atom. The number of hydrogen-bond acceptors (Lipinski definition) is 4. The molecule has 2 aromatic rings. The van der Waals surface area contributed by atoms with Gasteiger partial charge in [-0.2, -0.15) is 0 Å². The number of rotatable bonds is 6. The maximum Gasteiger partial charge on any atom is 0.255 e. The van der Waals surface area contributed by atoms with E-state index in [0.717, 1.165) is 0 Å². The highest BCUT2D eigenvalue weighted by Crippen LogP contribution is 2.16. The van der Waals surface area contributed by atoms with Crippen molar-refractivity contribution in [3.63, 3.8) is 0 Å². The number of para-hydroxylation sites is 1. The van der Waals surface area contributed by atoms with E-state index in [2.05, 4.69) is 10.6 Å². The minimum atomic E-state index is -0.403. The van der Waals surface area contributed by atoms with Crippen molar-refractivity contribution in [3.8, 4) is 5.75 Å². The van der Waals surface area contributed by atoms with Crippen LogP contribution in [0.2, 0.25) is 0 Å². The van der Waals surface area contributed by atoms with Crippen LogP contribution in [0, 0.1) is 0 Å². The first-order valence-corrected chi connectivity index (χ1v) is 7.33. The summed E-state index contributed by atoms with van der Waals surface area (Å²) in [6, 6.07) is 13.4. The van der Waals surface area contributed by atoms with E-state index in [1.165, 1.54) is 14.0 Å². The normalized spacial score (nSPS) is 9.92. The van der Waals surface area contributed by atoms with Crippen molar-refractivity contribution in [1.29, 1.82) is 0 Å². The van der Waals surface area contributed by atoms with Crippen LogP contribution in [0.1, 0.15) is 27.6 Å². The van der Waals surface area contributed by atoms with Crippen LogP contribution in [0.5, 0.6) is 5.75 Å². The van der Waals surface area contributed by atoms with Crippen molar-refractivity contribution < 1.29 is 19.1 Å². The van der Waals surface area contributed by atoms with E-state index in [0.29, 0.717) is 22.6 Å². The van der Waals surface area contributed by atoms with E-state index in [4.69, 9.17) is 4.74 Å². The molecule has 0 aliphatic heterocycles. The fraction of sp³-hybridized carbons (Fsp3) is 0.167. The molecule has 0 heterocycles. The lowest BCUT2D eigenvalue weighted by Gasteiger charge is -2.10. The lowest BCUT2D eigenvalue weighted by molar-refractivity contribution is -0.115. The third-order valence-electron chi connectivity index (χ3n) is 3.31. The van der Waals surface area contributed by atoms with E-state index in [1.807, 2.05) is 0 Å². The van der Waals surface area contributed by atoms with Crippen LogP contribution in [-0.4, -0.2) is 31.3 Å². The van der Waals surface area contributed by atoms with E-state index in [-0.39, 0.29) is 18.2 Å². The van der Waals surface area contributed by atoms with Gasteiger partial charge in [0.1, 0.15) is 5.75 Å². The molecule has 6 nitrogen and oxygen atoms in total. The molecule has 0 aromatic heterocycles. The second kappa shape index (κ2) is 7.92. The Bertz CT molecular complexity index is 771. The summed E-state index contributed by atoms with van der Waals surface area (Å²) in [6.45, 7) is 1.26. The van der Waals surface area contributed by atoms with Gasteiger partial charge in [-0.25, -0.2) is 0 Å². The van der Waals surface area contributed by atoms with Crippen LogP contribution in [0.3, 0.4) is 0 Å². The fourth-order valence-corrected chi connectivity index (χ4v) is 2.11. The molecule has 0 radical (unpaired) electrons. The van der Waals surface area contributed by atoms with Gasteiger partial charge in [-0.15, -0.1) is 0 Å². The highest BCUT2D eigenvalue weighted by Gasteiger charge is 2.12. The van der Waals surface area contributed by atoms with Gasteiger partial charge in [0.25, 0.3) is 5.91 Å². The number of benzene rings is 2. The Hall–Kier alpha value is -3.15. The molecule has 6 heteroatoms. The Labute approximate surface area is 139 Å². The topological polar surface area (TPSA) is 84.5 Å². The van der Waals surface area contributed by atoms with Crippen LogP contribution in [-0.2, 0) is 4.79 Å². The fourth-order valence-electron chi connectivity index (χ4n) is 2.11. The number of amides is 2. The van der Waals surface area contributed by atoms with Crippen molar-refractivity contribution >= 4 is 23.3 Å². The highest BCUT2D eigenvalue weighted by atomic mass is 16.5. The number of ether oxygens (including phenoxy) is 1. The van der Waals surface area contributed by atoms with Crippen LogP contribution in [0.15, 0.2) is 48.5 Å². The van der Waals surface area contributed by atoms with Gasteiger partial charge in [-0.3, -0.25) is 14.4 Å². The van der Waals surface area contributed by atoms with Crippen molar-refractivity contribution in [2.45, 2.75) is 6.92 Å². The van der Waals surface area contributed by atoms with Gasteiger partial charge >= 0.3 is 0 Å². The Kier molecular flexibility index (Phi) is 5.68. The van der Waals surface area contributed by atoms with Gasteiger partial charge in [0.05, 0.1) is 19.2 Å². The Morgan fingerprint density at radius 1 is 1.04 bits per heavy atom. The SMILES string of the molecule is COc1ccccc1C(=O)NCC(=O)Nc1cccc(C(C)=O)c1. The average Bonchev–Trinajstić information content (AvgIpc) is 2.59. The molecule has 24 heavy (non-hydrogen) atoms. The number of carbonyl (C=O) groups is 3. The molecular formula is C18H18N2O4. The summed E-state index contributed by atoms with van der Waals surface area (Å²) in [5, 5.41) is 5.17. The molecular weight excluding hydrogens is 308 g/mol. The van der Waals surface area contributed by atoms with E-state index >= 15 is 0 Å². The molecule has 0 spiro atoms. The summed E-state index contributed by atoms with van der Waals surface area (Å²) in [5.41, 5.74) is 1.36. The Balaban J connectivity index is 1.94. The molecule has 0 bridgehead atoms. The second-order valence-corrected chi connectivity index (χ2v) is 5.07. The third kappa shape index (κ3) is 4.42. The molecule has 0 aliphatic carbocycles. The van der Waals surface area contributed by atoms with Gasteiger partial charge in [-0.05, 0) is 31.2 Å². The zero-order valence-electron chi connectivity index (χ0n) is 13.5. The highest BCUT2D eigenvalue weighted by molar-refractivity contribution is 6.01. The van der Waals surface area contributed by atoms with Crippen LogP contribution in [0.4, 0.5) is 5.69 Å². The molecule has 0 fully saturated rings. The molecule has 0 atom stereocenters. The third-order valence-corrected chi connectivity index (χ3v) is 3.31. The maximum atomic E-state index is 12.1. The number of carbonyl (C=O) groups excluding carboxylic acids is 3. The van der Waals surface area contributed by atoms with Gasteiger partial charge in [0.2, 0.25) is 5.91 Å². The van der Waals surface area contributed by atoms with Gasteiger partial charge in [0, 0.05) is 11.3 Å². The first kappa shape index (κ1) is 17.2. The lowest BCUT2D eigenvalue weighted by atomic mass is 10.1. The second-order valence-electron chi connectivity index (χ2n) is 5.07. The van der Waals surface area contributed by atoms with Crippen LogP contribution < -0.4 is 15.4 Å². The standard InChI is InChI=1S/C18H18N2O4/c1-12(21)13-6-5-7-14(10-13)20-17(22)11-19-18(23)15-8-3-4-9-16(15)24-2/h3-10H,11H2,1-2H3,(H,19,23)(H,20,22). The quantitative estimate of drug-likeness (QED) is 0.798. The number of methoxy groups -OCH3 is 1. The summed E-state index contributed by atoms with van der Waals surface area (Å²) >= 11 is 0. The number of Topliss-reactive ketones (excluding diaryl/α,β-unsaturated/α-hetero) is 1. The number of ketones is 1. The summed E-state index contributed by atoms with van der Waals surface area (Å²) in [6.07, 6.45) is 0. The molecule has 0 saturated heterocycles. The summed E-state index contributed by atoms with van der Waals surface area (Å²) in [5.74, 6) is -0.445. The van der Waals surface area contributed by atoms with E-state index < -0.39 is 5.91 Å². The average molecular weight is 326 g/mol. The summed E-state index contributed by atoms with van der Waals surface area (Å²) in [7, 11) is 1.47. The predicted molar refractivity (Wildman–Crippen MR) is 90.4 cm³/mol. The van der Waals surface area contributed by atoms with Crippen LogP contribution >= 0.6 is 0 Å². The summed E-state index contributed by atoms with van der Waals surface area (Å²) < 4.78 is 5.11. The predicted octanol–water partition coefficient (Wildman–Crippen LogP) is 2.27. The van der Waals surface area contributed by atoms with E-state index in [9.17, 15) is 14.4 Å². The maximum absolute atomic E-state index is 12.1. The monoisotopic (exact) mass is 326 g/mol. The zero-order chi connectivity index (χ0) is 17.5. The molecule has 0 unspecified atom stereocenters. The minimum absolute atomic E-state index is 0.0874. The molecule has 124 valence electrons. The molecule has 2 aromatic carbocycles. The largest absolute Gasteiger partial charge is 0.496 e. The molecule has 0 aliphatic rings. The minimum Gasteiger partial charge on any atom is -0.496 e. The van der Waals surface area contributed by atoms with Gasteiger partial charge < -0.3 is 15.4 Å². The molecule has 0 saturated carbocycles. The van der Waals surface area contributed by atoms with Crippen molar-refractivity contribution in [2.75, 3.05) is 19.0 Å². The molecule has 2 rings (SSSR count). The van der Waals surface area contributed by atoms with Gasteiger partial charge in [-0.1, -0.05) is 24.3 Å². The Morgan fingerprint density at radius 2 is 1.79 bits per heavy atom. The van der Waals surface area contributed by atoms with Crippen molar-refractivity contribution in [2.24, 2.45) is 0 Å². The van der Waals surface area contributed by atoms with Crippen molar-refractivity contribution in [1.82, 2.24) is 5.32 Å². The molecule has 2 N–H and O–H groups in total. The zero-order valence-corrected chi connectivity index (χ0v) is 13.5. The van der Waals surface area contributed by atoms with Crippen molar-refractivity contribution in [3.05, 3.63) is 59.7 Å². The number of hydrogen-bond donors (Lipinski definition) is 2. The van der Waals surface area contributed by atoms with Gasteiger partial charge in [0.15, 0.2) is 5.78 Å². The summed E-state index contributed by atoms with van der Waals surface area (Å²) in [4.78, 5) is 35.4. The first-order chi connectivity index (χ1) is 11.5. The first-order valence-electron chi connectivity index (χ1n) is 7.33. The number of nitrogens with one attached hydrogen (secondary N) is 2. The smallest absolute Gasteiger partial charge is 0.255 e. The molecule has 2 amide bonds. The number of anilines is 1. The van der Waals surface area contributed by atoms with E-state index in [1.54, 1.807) is 48.5 Å². The lowest BCUT2D eigenvalue weighted by Crippen LogP contribution is -2.33. The van der Waals surface area contributed by atoms with Crippen LogP contribution in [0.25, 0.3) is 0 Å².